The molecule has 0 aromatic carbocycles. The molecule has 1 saturated heterocycles. The molecule has 0 bridgehead atoms. The number of pyridine rings is 1. The summed E-state index contributed by atoms with van der Waals surface area (Å²) in [6.07, 6.45) is 4.06. The molecule has 5 heteroatoms. The summed E-state index contributed by atoms with van der Waals surface area (Å²) < 4.78 is 0. The average molecular weight is 264 g/mol. The molecule has 0 amide bonds. The lowest BCUT2D eigenvalue weighted by Gasteiger charge is -2.30. The fourth-order valence-corrected chi connectivity index (χ4v) is 2.58. The van der Waals surface area contributed by atoms with E-state index < -0.39 is 0 Å². The van der Waals surface area contributed by atoms with Gasteiger partial charge in [0.1, 0.15) is 10.8 Å². The fraction of sp³-hybridized carbons (Fsp3) is 0.538. The summed E-state index contributed by atoms with van der Waals surface area (Å²) in [5.41, 5.74) is 7.74. The highest BCUT2D eigenvalue weighted by atomic mass is 32.1. The second kappa shape index (κ2) is 5.63. The van der Waals surface area contributed by atoms with E-state index in [2.05, 4.69) is 22.2 Å². The van der Waals surface area contributed by atoms with Crippen LogP contribution in [0.25, 0.3) is 0 Å². The zero-order chi connectivity index (χ0) is 13.1. The molecule has 0 saturated carbocycles. The van der Waals surface area contributed by atoms with Gasteiger partial charge >= 0.3 is 0 Å². The third kappa shape index (κ3) is 2.97. The fourth-order valence-electron chi connectivity index (χ4n) is 2.32. The summed E-state index contributed by atoms with van der Waals surface area (Å²) in [5.74, 6) is 0.831. The Bertz CT molecular complexity index is 439. The number of nitrogens with zero attached hydrogens (tertiary/aromatic N) is 2. The Hall–Kier alpha value is -1.20. The van der Waals surface area contributed by atoms with E-state index in [0.29, 0.717) is 11.0 Å². The second-order valence-corrected chi connectivity index (χ2v) is 5.38. The van der Waals surface area contributed by atoms with Crippen molar-refractivity contribution in [2.75, 3.05) is 25.5 Å². The van der Waals surface area contributed by atoms with Crippen molar-refractivity contribution in [3.63, 3.8) is 0 Å². The van der Waals surface area contributed by atoms with Gasteiger partial charge < -0.3 is 16.0 Å². The topological polar surface area (TPSA) is 54.2 Å². The molecule has 0 spiro atoms. The summed E-state index contributed by atoms with van der Waals surface area (Å²) in [6.45, 7) is 4.24. The van der Waals surface area contributed by atoms with Gasteiger partial charge in [-0.3, -0.25) is 0 Å². The molecule has 1 aliphatic rings. The van der Waals surface area contributed by atoms with Crippen LogP contribution in [-0.2, 0) is 0 Å². The molecule has 0 atom stereocenters. The van der Waals surface area contributed by atoms with Crippen molar-refractivity contribution < 1.29 is 0 Å². The van der Waals surface area contributed by atoms with Crippen LogP contribution in [0.1, 0.15) is 24.0 Å². The Kier molecular flexibility index (Phi) is 4.14. The van der Waals surface area contributed by atoms with Crippen molar-refractivity contribution in [1.29, 1.82) is 0 Å². The molecule has 0 aliphatic carbocycles. The molecular weight excluding hydrogens is 244 g/mol. The number of rotatable bonds is 3. The van der Waals surface area contributed by atoms with Gasteiger partial charge in [0.05, 0.1) is 5.56 Å². The van der Waals surface area contributed by atoms with Gasteiger partial charge in [0, 0.05) is 12.2 Å². The van der Waals surface area contributed by atoms with E-state index in [9.17, 15) is 0 Å². The van der Waals surface area contributed by atoms with Crippen molar-refractivity contribution in [3.05, 3.63) is 23.4 Å². The average Bonchev–Trinajstić information content (AvgIpc) is 2.32. The molecule has 1 aliphatic heterocycles. The molecule has 4 nitrogen and oxygen atoms in total. The lowest BCUT2D eigenvalue weighted by molar-refractivity contribution is 0.263. The second-order valence-electron chi connectivity index (χ2n) is 4.94. The van der Waals surface area contributed by atoms with Gasteiger partial charge in [0.15, 0.2) is 0 Å². The third-order valence-corrected chi connectivity index (χ3v) is 3.67. The SMILES string of the molecule is Cc1ccnc(NC2CCN(C)CC2)c1C(N)=S. The van der Waals surface area contributed by atoms with Crippen LogP contribution in [0.15, 0.2) is 12.3 Å². The van der Waals surface area contributed by atoms with E-state index in [0.717, 1.165) is 42.9 Å². The number of nitrogens with two attached hydrogens (primary N) is 1. The Labute approximate surface area is 114 Å². The van der Waals surface area contributed by atoms with Crippen LogP contribution >= 0.6 is 12.2 Å². The Morgan fingerprint density at radius 2 is 2.17 bits per heavy atom. The number of thiocarbonyl (C=S) groups is 1. The summed E-state index contributed by atoms with van der Waals surface area (Å²) in [7, 11) is 2.15. The van der Waals surface area contributed by atoms with Gasteiger partial charge in [-0.1, -0.05) is 12.2 Å². The molecule has 1 fully saturated rings. The number of aromatic nitrogens is 1. The highest BCUT2D eigenvalue weighted by molar-refractivity contribution is 7.80. The Balaban J connectivity index is 2.14. The first-order valence-electron chi connectivity index (χ1n) is 6.28. The number of aryl methyl sites for hydroxylation is 1. The lowest BCUT2D eigenvalue weighted by Crippen LogP contribution is -2.37. The van der Waals surface area contributed by atoms with E-state index in [1.54, 1.807) is 6.20 Å². The number of hydrogen-bond donors (Lipinski definition) is 2. The minimum Gasteiger partial charge on any atom is -0.389 e. The summed E-state index contributed by atoms with van der Waals surface area (Å²) in [5, 5.41) is 3.49. The summed E-state index contributed by atoms with van der Waals surface area (Å²) in [6, 6.07) is 2.40. The maximum atomic E-state index is 5.79. The molecule has 2 rings (SSSR count). The molecule has 1 aromatic heterocycles. The zero-order valence-electron chi connectivity index (χ0n) is 10.9. The largest absolute Gasteiger partial charge is 0.389 e. The van der Waals surface area contributed by atoms with Gasteiger partial charge in [-0.25, -0.2) is 4.98 Å². The number of nitrogens with one attached hydrogen (secondary N) is 1. The number of piperidine rings is 1. The lowest BCUT2D eigenvalue weighted by atomic mass is 10.0. The van der Waals surface area contributed by atoms with Crippen LogP contribution in [0.3, 0.4) is 0 Å². The maximum Gasteiger partial charge on any atom is 0.136 e. The Morgan fingerprint density at radius 1 is 1.50 bits per heavy atom. The van der Waals surface area contributed by atoms with Crippen LogP contribution in [0.2, 0.25) is 0 Å². The van der Waals surface area contributed by atoms with Crippen LogP contribution in [0.5, 0.6) is 0 Å². The van der Waals surface area contributed by atoms with E-state index in [1.807, 2.05) is 13.0 Å². The van der Waals surface area contributed by atoms with E-state index in [-0.39, 0.29) is 0 Å². The van der Waals surface area contributed by atoms with E-state index >= 15 is 0 Å². The van der Waals surface area contributed by atoms with Crippen LogP contribution in [-0.4, -0.2) is 41.1 Å². The molecule has 2 heterocycles. The third-order valence-electron chi connectivity index (χ3n) is 3.47. The number of anilines is 1. The summed E-state index contributed by atoms with van der Waals surface area (Å²) >= 11 is 5.11. The molecule has 98 valence electrons. The molecule has 1 aromatic rings. The van der Waals surface area contributed by atoms with Crippen LogP contribution < -0.4 is 11.1 Å². The monoisotopic (exact) mass is 264 g/mol. The quantitative estimate of drug-likeness (QED) is 0.811. The van der Waals surface area contributed by atoms with Gasteiger partial charge in [-0.05, 0) is 51.5 Å². The number of likely N-dealkylation sites (tertiary alicyclic amines) is 1. The molecule has 0 radical (unpaired) electrons. The van der Waals surface area contributed by atoms with Crippen molar-refractivity contribution >= 4 is 23.0 Å². The normalized spacial score (nSPS) is 17.7. The molecule has 18 heavy (non-hydrogen) atoms. The minimum atomic E-state index is 0.413. The van der Waals surface area contributed by atoms with Crippen molar-refractivity contribution in [1.82, 2.24) is 9.88 Å². The van der Waals surface area contributed by atoms with Gasteiger partial charge in [-0.2, -0.15) is 0 Å². The smallest absolute Gasteiger partial charge is 0.136 e. The zero-order valence-corrected chi connectivity index (χ0v) is 11.8. The van der Waals surface area contributed by atoms with Gasteiger partial charge in [0.2, 0.25) is 0 Å². The van der Waals surface area contributed by atoms with Gasteiger partial charge in [0.25, 0.3) is 0 Å². The van der Waals surface area contributed by atoms with Crippen molar-refractivity contribution in [2.24, 2.45) is 5.73 Å². The predicted octanol–water partition coefficient (Wildman–Crippen LogP) is 1.53. The molecule has 3 N–H and O–H groups in total. The first-order valence-corrected chi connectivity index (χ1v) is 6.69. The van der Waals surface area contributed by atoms with Crippen molar-refractivity contribution in [3.8, 4) is 0 Å². The van der Waals surface area contributed by atoms with E-state index in [1.165, 1.54) is 0 Å². The number of hydrogen-bond acceptors (Lipinski definition) is 4. The maximum absolute atomic E-state index is 5.79. The molecular formula is C13H20N4S. The highest BCUT2D eigenvalue weighted by Gasteiger charge is 2.19. The van der Waals surface area contributed by atoms with E-state index in [4.69, 9.17) is 18.0 Å². The van der Waals surface area contributed by atoms with Gasteiger partial charge in [-0.15, -0.1) is 0 Å². The minimum absolute atomic E-state index is 0.413. The summed E-state index contributed by atoms with van der Waals surface area (Å²) in [4.78, 5) is 7.14. The van der Waals surface area contributed by atoms with Crippen LogP contribution in [0, 0.1) is 6.92 Å². The van der Waals surface area contributed by atoms with Crippen LogP contribution in [0.4, 0.5) is 5.82 Å². The van der Waals surface area contributed by atoms with Crippen molar-refractivity contribution in [2.45, 2.75) is 25.8 Å². The highest BCUT2D eigenvalue weighted by Crippen LogP contribution is 2.20. The molecule has 0 unspecified atom stereocenters. The first-order chi connectivity index (χ1) is 8.58. The first kappa shape index (κ1) is 13.2. The Morgan fingerprint density at radius 3 is 2.78 bits per heavy atom. The predicted molar refractivity (Wildman–Crippen MR) is 79.0 cm³/mol. The standard InChI is InChI=1S/C13H20N4S/c1-9-3-6-15-13(11(9)12(14)18)16-10-4-7-17(2)8-5-10/h3,6,10H,4-5,7-8H2,1-2H3,(H2,14,18)(H,15,16).